The van der Waals surface area contributed by atoms with E-state index in [1.807, 2.05) is 0 Å². The number of unbranched alkanes of at least 4 members (excludes halogenated alkanes) is 31. The van der Waals surface area contributed by atoms with Gasteiger partial charge in [-0.2, -0.15) is 0 Å². The summed E-state index contributed by atoms with van der Waals surface area (Å²) in [6.07, 6.45) is 46.5. The van der Waals surface area contributed by atoms with Crippen molar-refractivity contribution in [1.29, 1.82) is 0 Å². The van der Waals surface area contributed by atoms with Gasteiger partial charge >= 0.3 is 19.8 Å². The fourth-order valence-electron chi connectivity index (χ4n) is 6.84. The van der Waals surface area contributed by atoms with Crippen molar-refractivity contribution < 1.29 is 37.9 Å². The molecule has 0 saturated heterocycles. The van der Waals surface area contributed by atoms with Gasteiger partial charge in [0.2, 0.25) is 0 Å². The molecule has 2 N–H and O–H groups in total. The second kappa shape index (κ2) is 41.4. The van der Waals surface area contributed by atoms with E-state index >= 15 is 0 Å². The first kappa shape index (κ1) is 52.8. The molecular formula is C45H87O8P. The van der Waals surface area contributed by atoms with Crippen molar-refractivity contribution in [1.82, 2.24) is 0 Å². The zero-order valence-electron chi connectivity index (χ0n) is 35.4. The third-order valence-electron chi connectivity index (χ3n) is 10.3. The van der Waals surface area contributed by atoms with Crippen LogP contribution in [0.3, 0.4) is 0 Å². The molecule has 0 spiro atoms. The summed E-state index contributed by atoms with van der Waals surface area (Å²) in [6, 6.07) is 0. The van der Waals surface area contributed by atoms with Gasteiger partial charge in [-0.05, 0) is 38.5 Å². The number of esters is 2. The predicted molar refractivity (Wildman–Crippen MR) is 226 cm³/mol. The molecule has 0 aliphatic carbocycles. The zero-order valence-corrected chi connectivity index (χ0v) is 36.3. The van der Waals surface area contributed by atoms with Crippen LogP contribution >= 0.6 is 7.82 Å². The third kappa shape index (κ3) is 43.5. The Morgan fingerprint density at radius 3 is 1.13 bits per heavy atom. The maximum atomic E-state index is 12.4. The van der Waals surface area contributed by atoms with E-state index in [0.717, 1.165) is 44.9 Å². The quantitative estimate of drug-likeness (QED) is 0.0271. The lowest BCUT2D eigenvalue weighted by Gasteiger charge is -2.18. The highest BCUT2D eigenvalue weighted by Crippen LogP contribution is 2.36. The summed E-state index contributed by atoms with van der Waals surface area (Å²) in [6.45, 7) is 3.72. The molecule has 0 amide bonds. The molecule has 0 radical (unpaired) electrons. The summed E-state index contributed by atoms with van der Waals surface area (Å²) in [4.78, 5) is 42.9. The Kier molecular flexibility index (Phi) is 40.5. The van der Waals surface area contributed by atoms with Crippen LogP contribution in [-0.2, 0) is 28.2 Å². The normalized spacial score (nSPS) is 12.4. The van der Waals surface area contributed by atoms with Crippen molar-refractivity contribution in [2.24, 2.45) is 0 Å². The zero-order chi connectivity index (χ0) is 39.6. The van der Waals surface area contributed by atoms with Gasteiger partial charge in [0.1, 0.15) is 6.61 Å². The molecule has 320 valence electrons. The second-order valence-electron chi connectivity index (χ2n) is 15.7. The number of phosphoric ester groups is 1. The Balaban J connectivity index is 3.83. The molecule has 8 nitrogen and oxygen atoms in total. The molecule has 0 aliphatic heterocycles. The van der Waals surface area contributed by atoms with E-state index in [-0.39, 0.29) is 19.4 Å². The monoisotopic (exact) mass is 787 g/mol. The first-order chi connectivity index (χ1) is 26.3. The Morgan fingerprint density at radius 1 is 0.463 bits per heavy atom. The van der Waals surface area contributed by atoms with Gasteiger partial charge in [-0.15, -0.1) is 0 Å². The van der Waals surface area contributed by atoms with Crippen molar-refractivity contribution >= 4 is 19.8 Å². The summed E-state index contributed by atoms with van der Waals surface area (Å²) < 4.78 is 26.5. The average Bonchev–Trinajstić information content (AvgIpc) is 3.14. The number of carbonyl (C=O) groups is 2. The molecule has 0 rings (SSSR count). The van der Waals surface area contributed by atoms with E-state index in [1.54, 1.807) is 0 Å². The summed E-state index contributed by atoms with van der Waals surface area (Å²) in [5.41, 5.74) is 0. The minimum absolute atomic E-state index is 0.211. The van der Waals surface area contributed by atoms with Gasteiger partial charge in [0.05, 0.1) is 6.61 Å². The van der Waals surface area contributed by atoms with Crippen molar-refractivity contribution in [2.75, 3.05) is 13.2 Å². The highest BCUT2D eigenvalue weighted by molar-refractivity contribution is 7.46. The third-order valence-corrected chi connectivity index (χ3v) is 10.8. The maximum Gasteiger partial charge on any atom is 0.469 e. The molecule has 0 bridgehead atoms. The van der Waals surface area contributed by atoms with Gasteiger partial charge in [0.15, 0.2) is 6.10 Å². The van der Waals surface area contributed by atoms with Crippen LogP contribution in [-0.4, -0.2) is 41.0 Å². The standard InChI is InChI=1S/C45H87O8P/c1-3-5-7-9-11-13-15-17-19-21-22-24-25-27-29-31-33-35-37-39-44(46)51-41-43(42-52-54(48,49)50)53-45(47)40-38-36-34-32-30-28-26-23-20-18-16-14-12-10-8-6-4-2/h18,20,43H,3-17,19,21-42H2,1-2H3,(H2,48,49,50)/b20-18+/t43-/m1/s1. The maximum absolute atomic E-state index is 12.4. The number of rotatable bonds is 43. The molecule has 0 aromatic carbocycles. The smallest absolute Gasteiger partial charge is 0.462 e. The molecule has 1 atom stereocenters. The van der Waals surface area contributed by atoms with Crippen LogP contribution in [0.2, 0.25) is 0 Å². The van der Waals surface area contributed by atoms with Crippen molar-refractivity contribution in [3.8, 4) is 0 Å². The molecule has 0 aromatic heterocycles. The van der Waals surface area contributed by atoms with Gasteiger partial charge in [-0.3, -0.25) is 14.1 Å². The van der Waals surface area contributed by atoms with Gasteiger partial charge in [-0.1, -0.05) is 206 Å². The van der Waals surface area contributed by atoms with Crippen LogP contribution in [0, 0.1) is 0 Å². The Labute approximate surface area is 333 Å². The number of phosphoric acid groups is 1. The number of ether oxygens (including phenoxy) is 2. The van der Waals surface area contributed by atoms with E-state index in [2.05, 4.69) is 30.5 Å². The van der Waals surface area contributed by atoms with Gasteiger partial charge in [0, 0.05) is 12.8 Å². The number of hydrogen-bond acceptors (Lipinski definition) is 6. The molecule has 0 unspecified atom stereocenters. The van der Waals surface area contributed by atoms with Crippen molar-refractivity contribution in [2.45, 2.75) is 251 Å². The molecule has 0 aliphatic rings. The van der Waals surface area contributed by atoms with Crippen LogP contribution in [0.5, 0.6) is 0 Å². The van der Waals surface area contributed by atoms with Crippen LogP contribution in [0.15, 0.2) is 12.2 Å². The van der Waals surface area contributed by atoms with Crippen LogP contribution in [0.4, 0.5) is 0 Å². The minimum atomic E-state index is -4.75. The Morgan fingerprint density at radius 2 is 0.778 bits per heavy atom. The highest BCUT2D eigenvalue weighted by Gasteiger charge is 2.23. The van der Waals surface area contributed by atoms with E-state index in [4.69, 9.17) is 19.3 Å². The molecule has 9 heteroatoms. The molecule has 0 saturated carbocycles. The van der Waals surface area contributed by atoms with Gasteiger partial charge in [0.25, 0.3) is 0 Å². The summed E-state index contributed by atoms with van der Waals surface area (Å²) in [5, 5.41) is 0. The molecular weight excluding hydrogens is 699 g/mol. The largest absolute Gasteiger partial charge is 0.469 e. The van der Waals surface area contributed by atoms with Gasteiger partial charge in [-0.25, -0.2) is 4.57 Å². The summed E-state index contributed by atoms with van der Waals surface area (Å²) in [5.74, 6) is -0.875. The van der Waals surface area contributed by atoms with E-state index in [9.17, 15) is 14.2 Å². The first-order valence-electron chi connectivity index (χ1n) is 23.0. The first-order valence-corrected chi connectivity index (χ1v) is 24.5. The highest BCUT2D eigenvalue weighted by atomic mass is 31.2. The SMILES string of the molecule is CCCCCCCC/C=C/CCCCCCCCCC(=O)O[C@H](COC(=O)CCCCCCCCCCCCCCCCCCCCC)COP(=O)(O)O. The lowest BCUT2D eigenvalue weighted by molar-refractivity contribution is -0.161. The molecule has 0 aromatic rings. The van der Waals surface area contributed by atoms with Crippen LogP contribution < -0.4 is 0 Å². The summed E-state index contributed by atoms with van der Waals surface area (Å²) >= 11 is 0. The van der Waals surface area contributed by atoms with Crippen molar-refractivity contribution in [3.63, 3.8) is 0 Å². The molecule has 54 heavy (non-hydrogen) atoms. The van der Waals surface area contributed by atoms with E-state index in [1.165, 1.54) is 167 Å². The van der Waals surface area contributed by atoms with E-state index < -0.39 is 32.5 Å². The number of carbonyl (C=O) groups excluding carboxylic acids is 2. The van der Waals surface area contributed by atoms with Crippen LogP contribution in [0.1, 0.15) is 245 Å². The molecule has 0 heterocycles. The molecule has 0 fully saturated rings. The fraction of sp³-hybridized carbons (Fsp3) is 0.911. The number of hydrogen-bond donors (Lipinski definition) is 2. The Bertz CT molecular complexity index is 889. The Hall–Kier alpha value is -1.21. The minimum Gasteiger partial charge on any atom is -0.462 e. The number of allylic oxidation sites excluding steroid dienone is 2. The van der Waals surface area contributed by atoms with E-state index in [0.29, 0.717) is 6.42 Å². The topological polar surface area (TPSA) is 119 Å². The lowest BCUT2D eigenvalue weighted by Crippen LogP contribution is -2.29. The second-order valence-corrected chi connectivity index (χ2v) is 17.0. The lowest BCUT2D eigenvalue weighted by atomic mass is 10.0. The van der Waals surface area contributed by atoms with Gasteiger partial charge < -0.3 is 19.3 Å². The average molecular weight is 787 g/mol. The predicted octanol–water partition coefficient (Wildman–Crippen LogP) is 14.2. The fourth-order valence-corrected chi connectivity index (χ4v) is 7.20. The van der Waals surface area contributed by atoms with Crippen LogP contribution in [0.25, 0.3) is 0 Å². The summed E-state index contributed by atoms with van der Waals surface area (Å²) in [7, 11) is -4.75. The van der Waals surface area contributed by atoms with Crippen molar-refractivity contribution in [3.05, 3.63) is 12.2 Å².